The lowest BCUT2D eigenvalue weighted by Gasteiger charge is -2.12. The number of hydrogen-bond donors (Lipinski definition) is 2. The van der Waals surface area contributed by atoms with Crippen LogP contribution in [0.2, 0.25) is 0 Å². The minimum absolute atomic E-state index is 0.167. The van der Waals surface area contributed by atoms with E-state index in [4.69, 9.17) is 10.6 Å². The van der Waals surface area contributed by atoms with Crippen LogP contribution in [0.25, 0.3) is 0 Å². The third kappa shape index (κ3) is 3.18. The van der Waals surface area contributed by atoms with Crippen molar-refractivity contribution < 1.29 is 4.74 Å². The summed E-state index contributed by atoms with van der Waals surface area (Å²) < 4.78 is 5.55. The minimum atomic E-state index is 0.167. The van der Waals surface area contributed by atoms with Gasteiger partial charge in [-0.1, -0.05) is 13.3 Å². The molecule has 0 fully saturated rings. The Morgan fingerprint density at radius 2 is 2.43 bits per heavy atom. The van der Waals surface area contributed by atoms with Crippen molar-refractivity contribution in [1.29, 1.82) is 0 Å². The third-order valence-electron chi connectivity index (χ3n) is 1.78. The lowest BCUT2D eigenvalue weighted by molar-refractivity contribution is 0.201. The van der Waals surface area contributed by atoms with E-state index in [-0.39, 0.29) is 6.10 Å². The monoisotopic (exact) mass is 196 g/mol. The number of nitrogen functional groups attached to an aromatic ring is 1. The summed E-state index contributed by atoms with van der Waals surface area (Å²) in [4.78, 5) is 7.93. The molecule has 0 aliphatic rings. The molecule has 0 amide bonds. The molecule has 0 aliphatic heterocycles. The molecule has 0 saturated carbocycles. The maximum atomic E-state index is 5.55. The standard InChI is InChI=1S/C9H16N4O/c1-3-4-7(2)14-8-5-6-11-9(12-8)13-10/h5-7H,3-4,10H2,1-2H3,(H,11,12,13). The highest BCUT2D eigenvalue weighted by atomic mass is 16.5. The van der Waals surface area contributed by atoms with Crippen LogP contribution in [0.1, 0.15) is 26.7 Å². The highest BCUT2D eigenvalue weighted by molar-refractivity contribution is 5.25. The Morgan fingerprint density at radius 1 is 1.64 bits per heavy atom. The summed E-state index contributed by atoms with van der Waals surface area (Å²) >= 11 is 0. The van der Waals surface area contributed by atoms with Gasteiger partial charge in [-0.05, 0) is 13.3 Å². The second kappa shape index (κ2) is 5.39. The first-order valence-electron chi connectivity index (χ1n) is 4.72. The fourth-order valence-corrected chi connectivity index (χ4v) is 1.15. The molecule has 1 heterocycles. The summed E-state index contributed by atoms with van der Waals surface area (Å²) in [6, 6.07) is 1.72. The molecular weight excluding hydrogens is 180 g/mol. The zero-order valence-electron chi connectivity index (χ0n) is 8.53. The van der Waals surface area contributed by atoms with Crippen LogP contribution in [0, 0.1) is 0 Å². The van der Waals surface area contributed by atoms with E-state index in [1.165, 1.54) is 0 Å². The maximum absolute atomic E-state index is 5.55. The second-order valence-electron chi connectivity index (χ2n) is 3.08. The molecule has 1 rings (SSSR count). The van der Waals surface area contributed by atoms with Gasteiger partial charge in [-0.15, -0.1) is 0 Å². The molecule has 1 aromatic heterocycles. The summed E-state index contributed by atoms with van der Waals surface area (Å²) in [5.41, 5.74) is 2.37. The zero-order chi connectivity index (χ0) is 10.4. The van der Waals surface area contributed by atoms with E-state index in [2.05, 4.69) is 22.3 Å². The molecule has 5 heteroatoms. The Hall–Kier alpha value is -1.36. The van der Waals surface area contributed by atoms with Gasteiger partial charge in [-0.2, -0.15) is 4.98 Å². The van der Waals surface area contributed by atoms with Crippen molar-refractivity contribution in [3.63, 3.8) is 0 Å². The van der Waals surface area contributed by atoms with Gasteiger partial charge in [0, 0.05) is 12.3 Å². The van der Waals surface area contributed by atoms with E-state index in [0.717, 1.165) is 12.8 Å². The molecule has 3 N–H and O–H groups in total. The molecule has 14 heavy (non-hydrogen) atoms. The number of nitrogens with two attached hydrogens (primary N) is 1. The van der Waals surface area contributed by atoms with Gasteiger partial charge in [0.05, 0.1) is 6.10 Å². The molecule has 1 aromatic rings. The molecular formula is C9H16N4O. The molecule has 1 unspecified atom stereocenters. The first-order chi connectivity index (χ1) is 6.76. The first kappa shape index (κ1) is 10.7. The number of aromatic nitrogens is 2. The highest BCUT2D eigenvalue weighted by Gasteiger charge is 2.04. The lowest BCUT2D eigenvalue weighted by Crippen LogP contribution is -2.14. The predicted molar refractivity (Wildman–Crippen MR) is 54.8 cm³/mol. The van der Waals surface area contributed by atoms with Crippen molar-refractivity contribution in [2.45, 2.75) is 32.8 Å². The molecule has 1 atom stereocenters. The number of rotatable bonds is 5. The van der Waals surface area contributed by atoms with Gasteiger partial charge in [-0.3, -0.25) is 5.43 Å². The van der Waals surface area contributed by atoms with Crippen molar-refractivity contribution >= 4 is 5.95 Å². The Labute approximate surface area is 83.7 Å². The Kier molecular flexibility index (Phi) is 4.12. The number of ether oxygens (including phenoxy) is 1. The van der Waals surface area contributed by atoms with Crippen LogP contribution >= 0.6 is 0 Å². The molecule has 5 nitrogen and oxygen atoms in total. The van der Waals surface area contributed by atoms with E-state index in [9.17, 15) is 0 Å². The van der Waals surface area contributed by atoms with Crippen molar-refractivity contribution in [3.8, 4) is 5.88 Å². The normalized spacial score (nSPS) is 12.2. The number of hydrogen-bond acceptors (Lipinski definition) is 5. The van der Waals surface area contributed by atoms with Crippen molar-refractivity contribution in [3.05, 3.63) is 12.3 Å². The molecule has 78 valence electrons. The largest absolute Gasteiger partial charge is 0.475 e. The number of nitrogens with zero attached hydrogens (tertiary/aromatic N) is 2. The van der Waals surface area contributed by atoms with Crippen LogP contribution in [0.4, 0.5) is 5.95 Å². The van der Waals surface area contributed by atoms with Gasteiger partial charge in [-0.25, -0.2) is 10.8 Å². The Balaban J connectivity index is 2.57. The Morgan fingerprint density at radius 3 is 3.07 bits per heavy atom. The first-order valence-corrected chi connectivity index (χ1v) is 4.72. The SMILES string of the molecule is CCCC(C)Oc1ccnc(NN)n1. The van der Waals surface area contributed by atoms with E-state index in [1.54, 1.807) is 12.3 Å². The maximum Gasteiger partial charge on any atom is 0.240 e. The van der Waals surface area contributed by atoms with E-state index >= 15 is 0 Å². The Bertz CT molecular complexity index is 279. The molecule has 0 aliphatic carbocycles. The summed E-state index contributed by atoms with van der Waals surface area (Å²) in [5, 5.41) is 0. The van der Waals surface area contributed by atoms with Crippen molar-refractivity contribution in [2.75, 3.05) is 5.43 Å². The lowest BCUT2D eigenvalue weighted by atomic mass is 10.2. The van der Waals surface area contributed by atoms with Crippen LogP contribution in [0.15, 0.2) is 12.3 Å². The van der Waals surface area contributed by atoms with Crippen molar-refractivity contribution in [2.24, 2.45) is 5.84 Å². The summed E-state index contributed by atoms with van der Waals surface area (Å²) in [6.07, 6.45) is 3.88. The number of nitrogens with one attached hydrogen (secondary N) is 1. The predicted octanol–water partition coefficient (Wildman–Crippen LogP) is 1.33. The van der Waals surface area contributed by atoms with Gasteiger partial charge < -0.3 is 4.74 Å². The third-order valence-corrected chi connectivity index (χ3v) is 1.78. The average Bonchev–Trinajstić information content (AvgIpc) is 2.18. The quantitative estimate of drug-likeness (QED) is 0.549. The minimum Gasteiger partial charge on any atom is -0.475 e. The summed E-state index contributed by atoms with van der Waals surface area (Å²) in [7, 11) is 0. The van der Waals surface area contributed by atoms with E-state index < -0.39 is 0 Å². The second-order valence-corrected chi connectivity index (χ2v) is 3.08. The summed E-state index contributed by atoms with van der Waals surface area (Å²) in [6.45, 7) is 4.13. The molecule has 0 saturated heterocycles. The van der Waals surface area contributed by atoms with Crippen LogP contribution < -0.4 is 16.0 Å². The average molecular weight is 196 g/mol. The smallest absolute Gasteiger partial charge is 0.240 e. The molecule has 0 aromatic carbocycles. The van der Waals surface area contributed by atoms with E-state index in [1.807, 2.05) is 6.92 Å². The van der Waals surface area contributed by atoms with Gasteiger partial charge in [0.15, 0.2) is 0 Å². The van der Waals surface area contributed by atoms with Crippen LogP contribution in [0.3, 0.4) is 0 Å². The number of anilines is 1. The topological polar surface area (TPSA) is 73.1 Å². The fraction of sp³-hybridized carbons (Fsp3) is 0.556. The molecule has 0 radical (unpaired) electrons. The van der Waals surface area contributed by atoms with E-state index in [0.29, 0.717) is 11.8 Å². The van der Waals surface area contributed by atoms with Crippen LogP contribution in [-0.4, -0.2) is 16.1 Å². The number of hydrazine groups is 1. The summed E-state index contributed by atoms with van der Waals surface area (Å²) in [5.74, 6) is 6.09. The fourth-order valence-electron chi connectivity index (χ4n) is 1.15. The van der Waals surface area contributed by atoms with Gasteiger partial charge in [0.25, 0.3) is 0 Å². The molecule has 0 spiro atoms. The highest BCUT2D eigenvalue weighted by Crippen LogP contribution is 2.11. The van der Waals surface area contributed by atoms with Gasteiger partial charge in [0.1, 0.15) is 0 Å². The van der Waals surface area contributed by atoms with Crippen molar-refractivity contribution in [1.82, 2.24) is 9.97 Å². The van der Waals surface area contributed by atoms with Crippen LogP contribution in [-0.2, 0) is 0 Å². The van der Waals surface area contributed by atoms with Crippen LogP contribution in [0.5, 0.6) is 5.88 Å². The van der Waals surface area contributed by atoms with Gasteiger partial charge in [0.2, 0.25) is 11.8 Å². The zero-order valence-corrected chi connectivity index (χ0v) is 8.53. The van der Waals surface area contributed by atoms with Gasteiger partial charge >= 0.3 is 0 Å². The molecule has 0 bridgehead atoms.